The first kappa shape index (κ1) is 17.3. The van der Waals surface area contributed by atoms with Crippen molar-refractivity contribution in [1.29, 1.82) is 0 Å². The SMILES string of the molecule is C=Cc1ccc([Si](c2ccccc2)(c2ccccc2)c2ccccc2)cc1. The molecular weight excluding hydrogens is 340 g/mol. The van der Waals surface area contributed by atoms with E-state index in [1.807, 2.05) is 6.08 Å². The van der Waals surface area contributed by atoms with Crippen molar-refractivity contribution in [3.8, 4) is 0 Å². The first-order chi connectivity index (χ1) is 13.4. The summed E-state index contributed by atoms with van der Waals surface area (Å²) in [5.74, 6) is 0. The fourth-order valence-electron chi connectivity index (χ4n) is 3.93. The van der Waals surface area contributed by atoms with Crippen molar-refractivity contribution in [1.82, 2.24) is 0 Å². The normalized spacial score (nSPS) is 11.1. The molecule has 0 aromatic heterocycles. The highest BCUT2D eigenvalue weighted by Gasteiger charge is 2.40. The molecule has 4 aromatic carbocycles. The molecule has 4 aromatic rings. The average Bonchev–Trinajstić information content (AvgIpc) is 2.77. The Bertz CT molecular complexity index is 907. The van der Waals surface area contributed by atoms with Crippen molar-refractivity contribution in [2.45, 2.75) is 0 Å². The molecule has 0 nitrogen and oxygen atoms in total. The second kappa shape index (κ2) is 7.61. The Labute approximate surface area is 162 Å². The summed E-state index contributed by atoms with van der Waals surface area (Å²) in [5.41, 5.74) is 1.15. The topological polar surface area (TPSA) is 0 Å². The zero-order chi connectivity index (χ0) is 18.5. The van der Waals surface area contributed by atoms with Crippen LogP contribution in [-0.2, 0) is 0 Å². The number of rotatable bonds is 5. The molecule has 130 valence electrons. The third-order valence-corrected chi connectivity index (χ3v) is 10.00. The van der Waals surface area contributed by atoms with E-state index in [0.717, 1.165) is 5.56 Å². The second-order valence-corrected chi connectivity index (χ2v) is 10.5. The van der Waals surface area contributed by atoms with Gasteiger partial charge in [-0.15, -0.1) is 0 Å². The van der Waals surface area contributed by atoms with E-state index < -0.39 is 8.07 Å². The molecule has 0 radical (unpaired) electrons. The monoisotopic (exact) mass is 362 g/mol. The smallest absolute Gasteiger partial charge is 0.0985 e. The number of hydrogen-bond acceptors (Lipinski definition) is 0. The van der Waals surface area contributed by atoms with Crippen LogP contribution in [0.25, 0.3) is 6.08 Å². The second-order valence-electron chi connectivity index (χ2n) is 6.67. The minimum atomic E-state index is -2.37. The highest BCUT2D eigenvalue weighted by Crippen LogP contribution is 2.10. The standard InChI is InChI=1S/C26H22Si/c1-2-22-18-20-26(21-19-22)27(23-12-6-3-7-13-23,24-14-8-4-9-15-24)25-16-10-5-11-17-25/h2-21H,1H2. The lowest BCUT2D eigenvalue weighted by Gasteiger charge is -2.34. The van der Waals surface area contributed by atoms with E-state index in [4.69, 9.17) is 0 Å². The van der Waals surface area contributed by atoms with E-state index in [1.54, 1.807) is 0 Å². The first-order valence-corrected chi connectivity index (χ1v) is 11.3. The van der Waals surface area contributed by atoms with Gasteiger partial charge in [-0.2, -0.15) is 0 Å². The van der Waals surface area contributed by atoms with Crippen LogP contribution in [0.15, 0.2) is 122 Å². The van der Waals surface area contributed by atoms with E-state index in [9.17, 15) is 0 Å². The minimum Gasteiger partial charge on any atom is -0.0985 e. The zero-order valence-corrected chi connectivity index (χ0v) is 16.3. The van der Waals surface area contributed by atoms with Gasteiger partial charge >= 0.3 is 0 Å². The summed E-state index contributed by atoms with van der Waals surface area (Å²) in [6.45, 7) is 3.91. The lowest BCUT2D eigenvalue weighted by Crippen LogP contribution is -2.74. The van der Waals surface area contributed by atoms with E-state index >= 15 is 0 Å². The molecular formula is C26H22Si. The average molecular weight is 363 g/mol. The maximum Gasteiger partial charge on any atom is 0.179 e. The molecule has 4 rings (SSSR count). The lowest BCUT2D eigenvalue weighted by molar-refractivity contribution is 1.65. The van der Waals surface area contributed by atoms with Gasteiger partial charge in [0, 0.05) is 0 Å². The molecule has 0 fully saturated rings. The minimum absolute atomic E-state index is 1.15. The first-order valence-electron chi connectivity index (χ1n) is 9.25. The van der Waals surface area contributed by atoms with Crippen LogP contribution in [0.5, 0.6) is 0 Å². The Morgan fingerprint density at radius 2 is 0.778 bits per heavy atom. The van der Waals surface area contributed by atoms with Gasteiger partial charge in [0.05, 0.1) is 0 Å². The maximum atomic E-state index is 3.91. The summed E-state index contributed by atoms with van der Waals surface area (Å²) in [5, 5.41) is 5.58. The summed E-state index contributed by atoms with van der Waals surface area (Å²) in [7, 11) is -2.37. The van der Waals surface area contributed by atoms with Crippen molar-refractivity contribution < 1.29 is 0 Å². The largest absolute Gasteiger partial charge is 0.179 e. The molecule has 0 saturated carbocycles. The molecule has 27 heavy (non-hydrogen) atoms. The third-order valence-electron chi connectivity index (χ3n) is 5.20. The fourth-order valence-corrected chi connectivity index (χ4v) is 8.68. The zero-order valence-electron chi connectivity index (χ0n) is 15.3. The van der Waals surface area contributed by atoms with Crippen molar-refractivity contribution in [2.24, 2.45) is 0 Å². The van der Waals surface area contributed by atoms with Crippen molar-refractivity contribution in [2.75, 3.05) is 0 Å². The van der Waals surface area contributed by atoms with Gasteiger partial charge in [-0.1, -0.05) is 128 Å². The van der Waals surface area contributed by atoms with Gasteiger partial charge in [0.15, 0.2) is 8.07 Å². The highest BCUT2D eigenvalue weighted by atomic mass is 28.3. The Morgan fingerprint density at radius 3 is 1.11 bits per heavy atom. The number of benzene rings is 4. The van der Waals surface area contributed by atoms with Crippen LogP contribution in [0.2, 0.25) is 0 Å². The Kier molecular flexibility index (Phi) is 4.86. The molecule has 0 amide bonds. The molecule has 0 bridgehead atoms. The van der Waals surface area contributed by atoms with Gasteiger partial charge in [0.1, 0.15) is 0 Å². The lowest BCUT2D eigenvalue weighted by atomic mass is 10.2. The summed E-state index contributed by atoms with van der Waals surface area (Å²) >= 11 is 0. The van der Waals surface area contributed by atoms with Crippen LogP contribution in [0.3, 0.4) is 0 Å². The van der Waals surface area contributed by atoms with Crippen LogP contribution in [-0.4, -0.2) is 8.07 Å². The van der Waals surface area contributed by atoms with Crippen LogP contribution < -0.4 is 20.7 Å². The van der Waals surface area contributed by atoms with E-state index in [-0.39, 0.29) is 0 Å². The van der Waals surface area contributed by atoms with E-state index in [0.29, 0.717) is 0 Å². The molecule has 1 heteroatoms. The third kappa shape index (κ3) is 3.07. The fraction of sp³-hybridized carbons (Fsp3) is 0. The van der Waals surface area contributed by atoms with Crippen LogP contribution >= 0.6 is 0 Å². The van der Waals surface area contributed by atoms with Crippen molar-refractivity contribution in [3.05, 3.63) is 127 Å². The quantitative estimate of drug-likeness (QED) is 0.375. The Hall–Kier alpha value is -3.16. The summed E-state index contributed by atoms with van der Waals surface area (Å²) < 4.78 is 0. The molecule has 0 heterocycles. The maximum absolute atomic E-state index is 3.91. The van der Waals surface area contributed by atoms with E-state index in [1.165, 1.54) is 20.7 Å². The Balaban J connectivity index is 2.10. The molecule has 0 spiro atoms. The van der Waals surface area contributed by atoms with Gasteiger partial charge in [0.25, 0.3) is 0 Å². The molecule has 0 aliphatic carbocycles. The van der Waals surface area contributed by atoms with Crippen molar-refractivity contribution >= 4 is 34.9 Å². The van der Waals surface area contributed by atoms with Gasteiger partial charge in [0.2, 0.25) is 0 Å². The van der Waals surface area contributed by atoms with Gasteiger partial charge in [-0.25, -0.2) is 0 Å². The molecule has 0 unspecified atom stereocenters. The van der Waals surface area contributed by atoms with Gasteiger partial charge in [-0.05, 0) is 26.3 Å². The molecule has 0 N–H and O–H groups in total. The molecule has 0 aliphatic rings. The highest BCUT2D eigenvalue weighted by molar-refractivity contribution is 7.19. The van der Waals surface area contributed by atoms with E-state index in [2.05, 4.69) is 122 Å². The predicted octanol–water partition coefficient (Wildman–Crippen LogP) is 3.71. The van der Waals surface area contributed by atoms with Gasteiger partial charge in [-0.3, -0.25) is 0 Å². The summed E-state index contributed by atoms with van der Waals surface area (Å²) in [6.07, 6.45) is 1.90. The van der Waals surface area contributed by atoms with Crippen LogP contribution in [0.4, 0.5) is 0 Å². The molecule has 0 atom stereocenters. The molecule has 0 aliphatic heterocycles. The summed E-state index contributed by atoms with van der Waals surface area (Å²) in [4.78, 5) is 0. The summed E-state index contributed by atoms with van der Waals surface area (Å²) in [6, 6.07) is 41.9. The van der Waals surface area contributed by atoms with Gasteiger partial charge < -0.3 is 0 Å². The van der Waals surface area contributed by atoms with Crippen LogP contribution in [0, 0.1) is 0 Å². The van der Waals surface area contributed by atoms with Crippen LogP contribution in [0.1, 0.15) is 5.56 Å². The van der Waals surface area contributed by atoms with Crippen molar-refractivity contribution in [3.63, 3.8) is 0 Å². The molecule has 0 saturated heterocycles. The predicted molar refractivity (Wildman–Crippen MR) is 120 cm³/mol. The number of hydrogen-bond donors (Lipinski definition) is 0. The Morgan fingerprint density at radius 1 is 0.444 bits per heavy atom.